The van der Waals surface area contributed by atoms with Crippen LogP contribution >= 0.6 is 0 Å². The third-order valence-corrected chi connectivity index (χ3v) is 5.25. The Balaban J connectivity index is 1.89. The van der Waals surface area contributed by atoms with Gasteiger partial charge in [0.05, 0.1) is 0 Å². The maximum atomic E-state index is 11.9. The van der Waals surface area contributed by atoms with Crippen molar-refractivity contribution < 1.29 is 13.0 Å². The van der Waals surface area contributed by atoms with Crippen LogP contribution in [0.25, 0.3) is 44.8 Å². The van der Waals surface area contributed by atoms with E-state index in [4.69, 9.17) is 0 Å². The van der Waals surface area contributed by atoms with Crippen LogP contribution in [-0.2, 0) is 10.1 Å². The van der Waals surface area contributed by atoms with Gasteiger partial charge in [-0.2, -0.15) is 8.42 Å². The van der Waals surface area contributed by atoms with Crippen LogP contribution < -0.4 is 0 Å². The van der Waals surface area contributed by atoms with Crippen LogP contribution in [0.15, 0.2) is 59.6 Å². The zero-order valence-corrected chi connectivity index (χ0v) is 14.0. The molecule has 1 N–H and O–H groups in total. The van der Waals surface area contributed by atoms with Gasteiger partial charge in [-0.1, -0.05) is 30.3 Å². The van der Waals surface area contributed by atoms with E-state index in [1.807, 2.05) is 18.2 Å². The Kier molecular flexibility index (Phi) is 2.97. The Morgan fingerprint density at radius 1 is 0.885 bits per heavy atom. The van der Waals surface area contributed by atoms with E-state index in [0.29, 0.717) is 28.0 Å². The number of hydrogen-bond donors (Lipinski definition) is 1. The van der Waals surface area contributed by atoms with Gasteiger partial charge >= 0.3 is 0 Å². The molecule has 1 aliphatic rings. The van der Waals surface area contributed by atoms with E-state index < -0.39 is 10.1 Å². The quantitative estimate of drug-likeness (QED) is 0.481. The van der Waals surface area contributed by atoms with Gasteiger partial charge < -0.3 is 0 Å². The molecule has 0 atom stereocenters. The lowest BCUT2D eigenvalue weighted by Crippen LogP contribution is -2.02. The average molecular weight is 362 g/mol. The standard InChI is InChI=1S/C18H10N4O3S/c23-26(24,25)13-8-7-10-4-3-5-11-14(10)15(13)17-16(11)21-22-18(20-17)12-6-1-2-9-19-12/h1-9H,(H,23,24,25). The summed E-state index contributed by atoms with van der Waals surface area (Å²) in [6, 6.07) is 13.9. The minimum Gasteiger partial charge on any atom is -0.282 e. The summed E-state index contributed by atoms with van der Waals surface area (Å²) in [6.45, 7) is 0. The summed E-state index contributed by atoms with van der Waals surface area (Å²) in [5.74, 6) is 0.287. The van der Waals surface area contributed by atoms with Crippen LogP contribution in [0.1, 0.15) is 0 Å². The van der Waals surface area contributed by atoms with Gasteiger partial charge in [-0.05, 0) is 23.6 Å². The van der Waals surface area contributed by atoms with E-state index in [1.54, 1.807) is 30.5 Å². The highest BCUT2D eigenvalue weighted by Crippen LogP contribution is 2.47. The summed E-state index contributed by atoms with van der Waals surface area (Å²) in [5.41, 5.74) is 2.48. The largest absolute Gasteiger partial charge is 0.295 e. The number of rotatable bonds is 2. The third kappa shape index (κ3) is 2.06. The number of fused-ring (bicyclic) bond motifs is 3. The van der Waals surface area contributed by atoms with Gasteiger partial charge in [-0.15, -0.1) is 10.2 Å². The maximum absolute atomic E-state index is 11.9. The van der Waals surface area contributed by atoms with Gasteiger partial charge in [0.2, 0.25) is 5.82 Å². The number of hydrogen-bond acceptors (Lipinski definition) is 6. The molecule has 0 radical (unpaired) electrons. The fourth-order valence-electron chi connectivity index (χ4n) is 3.29. The summed E-state index contributed by atoms with van der Waals surface area (Å²) >= 11 is 0. The molecular weight excluding hydrogens is 352 g/mol. The van der Waals surface area contributed by atoms with E-state index in [2.05, 4.69) is 20.2 Å². The van der Waals surface area contributed by atoms with E-state index >= 15 is 0 Å². The average Bonchev–Trinajstić information content (AvgIpc) is 2.98. The monoisotopic (exact) mass is 362 g/mol. The molecule has 0 saturated carbocycles. The lowest BCUT2D eigenvalue weighted by atomic mass is 10.0. The summed E-state index contributed by atoms with van der Waals surface area (Å²) in [6.07, 6.45) is 1.62. The minimum atomic E-state index is -4.43. The van der Waals surface area contributed by atoms with Crippen LogP contribution in [0, 0.1) is 0 Å². The van der Waals surface area contributed by atoms with Crippen molar-refractivity contribution in [2.75, 3.05) is 0 Å². The molecule has 0 fully saturated rings. The van der Waals surface area contributed by atoms with Gasteiger partial charge in [0.1, 0.15) is 22.0 Å². The number of nitrogens with zero attached hydrogens (tertiary/aromatic N) is 4. The molecule has 26 heavy (non-hydrogen) atoms. The molecule has 126 valence electrons. The van der Waals surface area contributed by atoms with Gasteiger partial charge in [0, 0.05) is 22.7 Å². The third-order valence-electron chi connectivity index (χ3n) is 4.36. The second-order valence-electron chi connectivity index (χ2n) is 5.87. The highest BCUT2D eigenvalue weighted by atomic mass is 32.2. The van der Waals surface area contributed by atoms with Crippen molar-refractivity contribution >= 4 is 20.9 Å². The number of pyridine rings is 1. The Hall–Kier alpha value is -3.23. The number of benzene rings is 2. The zero-order valence-electron chi connectivity index (χ0n) is 13.2. The molecule has 2 heterocycles. The normalized spacial score (nSPS) is 12.3. The number of aromatic nitrogens is 4. The molecule has 0 aliphatic heterocycles. The first kappa shape index (κ1) is 15.1. The second-order valence-corrected chi connectivity index (χ2v) is 7.26. The smallest absolute Gasteiger partial charge is 0.282 e. The van der Waals surface area contributed by atoms with Crippen LogP contribution in [0.5, 0.6) is 0 Å². The molecule has 0 saturated heterocycles. The molecule has 1 aliphatic carbocycles. The second kappa shape index (κ2) is 5.13. The first-order chi connectivity index (χ1) is 12.5. The van der Waals surface area contributed by atoms with Crippen LogP contribution in [0.2, 0.25) is 0 Å². The molecular formula is C18H10N4O3S. The first-order valence-corrected chi connectivity index (χ1v) is 9.18. The van der Waals surface area contributed by atoms with E-state index in [1.165, 1.54) is 6.07 Å². The summed E-state index contributed by atoms with van der Waals surface area (Å²) in [5, 5.41) is 9.95. The molecule has 4 aromatic rings. The minimum absolute atomic E-state index is 0.191. The molecule has 2 aromatic carbocycles. The van der Waals surface area contributed by atoms with Crippen molar-refractivity contribution in [2.45, 2.75) is 4.90 Å². The fourth-order valence-corrected chi connectivity index (χ4v) is 3.99. The Morgan fingerprint density at radius 3 is 2.54 bits per heavy atom. The predicted octanol–water partition coefficient (Wildman–Crippen LogP) is 2.98. The van der Waals surface area contributed by atoms with E-state index in [0.717, 1.165) is 10.9 Å². The lowest BCUT2D eigenvalue weighted by molar-refractivity contribution is 0.483. The Bertz CT molecular complexity index is 1310. The zero-order chi connectivity index (χ0) is 17.9. The lowest BCUT2D eigenvalue weighted by Gasteiger charge is -2.07. The molecule has 0 bridgehead atoms. The van der Waals surface area contributed by atoms with Crippen molar-refractivity contribution in [2.24, 2.45) is 0 Å². The summed E-state index contributed by atoms with van der Waals surface area (Å²) < 4.78 is 33.5. The van der Waals surface area contributed by atoms with Crippen molar-refractivity contribution in [3.63, 3.8) is 0 Å². The predicted molar refractivity (Wildman–Crippen MR) is 94.8 cm³/mol. The molecule has 0 amide bonds. The molecule has 0 unspecified atom stereocenters. The Morgan fingerprint density at radius 2 is 1.77 bits per heavy atom. The Labute approximate surface area is 148 Å². The van der Waals surface area contributed by atoms with Crippen LogP contribution in [0.4, 0.5) is 0 Å². The van der Waals surface area contributed by atoms with E-state index in [9.17, 15) is 13.0 Å². The topological polar surface area (TPSA) is 106 Å². The molecule has 8 heteroatoms. The van der Waals surface area contributed by atoms with Gasteiger partial charge in [-0.3, -0.25) is 9.54 Å². The summed E-state index contributed by atoms with van der Waals surface area (Å²) in [7, 11) is -4.43. The highest BCUT2D eigenvalue weighted by Gasteiger charge is 2.31. The van der Waals surface area contributed by atoms with Gasteiger partial charge in [0.15, 0.2) is 0 Å². The van der Waals surface area contributed by atoms with Gasteiger partial charge in [0.25, 0.3) is 10.1 Å². The van der Waals surface area contributed by atoms with Gasteiger partial charge in [-0.25, -0.2) is 4.98 Å². The summed E-state index contributed by atoms with van der Waals surface area (Å²) in [4.78, 5) is 8.55. The molecule has 7 nitrogen and oxygen atoms in total. The van der Waals surface area contributed by atoms with Crippen molar-refractivity contribution in [3.05, 3.63) is 54.7 Å². The SMILES string of the molecule is O=S(=O)(O)c1ccc2cccc3c2c1-c1nc(-c2ccccn2)nnc1-3. The van der Waals surface area contributed by atoms with Crippen molar-refractivity contribution in [3.8, 4) is 34.0 Å². The molecule has 2 aromatic heterocycles. The highest BCUT2D eigenvalue weighted by molar-refractivity contribution is 7.86. The van der Waals surface area contributed by atoms with Crippen LogP contribution in [0.3, 0.4) is 0 Å². The molecule has 5 rings (SSSR count). The van der Waals surface area contributed by atoms with Crippen molar-refractivity contribution in [1.29, 1.82) is 0 Å². The molecule has 0 spiro atoms. The first-order valence-electron chi connectivity index (χ1n) is 7.74. The fraction of sp³-hybridized carbons (Fsp3) is 0. The van der Waals surface area contributed by atoms with Crippen LogP contribution in [-0.4, -0.2) is 33.1 Å². The maximum Gasteiger partial charge on any atom is 0.295 e. The van der Waals surface area contributed by atoms with Crippen molar-refractivity contribution in [1.82, 2.24) is 20.2 Å². The van der Waals surface area contributed by atoms with E-state index in [-0.39, 0.29) is 10.7 Å².